The summed E-state index contributed by atoms with van der Waals surface area (Å²) in [6.45, 7) is 3.56. The first-order valence-corrected chi connectivity index (χ1v) is 9.65. The number of hydrogen-bond donors (Lipinski definition) is 2. The SMILES string of the molecule is CCNC(=NCc1cc(OC)c(OC)c(OC)c1)NCCc1c(F)cccc1Cl.I. The number of hydrogen-bond acceptors (Lipinski definition) is 4. The topological polar surface area (TPSA) is 64.1 Å². The van der Waals surface area contributed by atoms with E-state index in [-0.39, 0.29) is 29.8 Å². The van der Waals surface area contributed by atoms with Gasteiger partial charge in [0.05, 0.1) is 27.9 Å². The maximum atomic E-state index is 13.9. The summed E-state index contributed by atoms with van der Waals surface area (Å²) in [6.07, 6.45) is 0.445. The first-order valence-electron chi connectivity index (χ1n) is 9.27. The van der Waals surface area contributed by atoms with Gasteiger partial charge in [0.15, 0.2) is 17.5 Å². The second kappa shape index (κ2) is 13.4. The smallest absolute Gasteiger partial charge is 0.203 e. The third-order valence-corrected chi connectivity index (χ3v) is 4.57. The molecule has 0 fully saturated rings. The van der Waals surface area contributed by atoms with E-state index in [0.29, 0.717) is 59.8 Å². The molecule has 0 amide bonds. The molecule has 2 aromatic carbocycles. The minimum atomic E-state index is -0.307. The lowest BCUT2D eigenvalue weighted by atomic mass is 10.1. The van der Waals surface area contributed by atoms with E-state index in [0.717, 1.165) is 5.56 Å². The first-order chi connectivity index (χ1) is 14.0. The van der Waals surface area contributed by atoms with Gasteiger partial charge in [0.25, 0.3) is 0 Å². The highest BCUT2D eigenvalue weighted by Crippen LogP contribution is 2.38. The molecule has 2 rings (SSSR count). The lowest BCUT2D eigenvalue weighted by Crippen LogP contribution is -2.38. The summed E-state index contributed by atoms with van der Waals surface area (Å²) in [5.74, 6) is 2.00. The summed E-state index contributed by atoms with van der Waals surface area (Å²) in [5, 5.41) is 6.80. The van der Waals surface area contributed by atoms with Gasteiger partial charge in [-0.3, -0.25) is 0 Å². The number of benzene rings is 2. The molecule has 9 heteroatoms. The van der Waals surface area contributed by atoms with Crippen molar-refractivity contribution in [2.45, 2.75) is 19.9 Å². The van der Waals surface area contributed by atoms with E-state index in [4.69, 9.17) is 25.8 Å². The molecule has 0 heterocycles. The normalized spacial score (nSPS) is 10.8. The van der Waals surface area contributed by atoms with E-state index in [1.165, 1.54) is 6.07 Å². The third-order valence-electron chi connectivity index (χ3n) is 4.22. The Hall–Kier alpha value is -1.94. The van der Waals surface area contributed by atoms with Crippen molar-refractivity contribution in [1.29, 1.82) is 0 Å². The molecule has 0 saturated heterocycles. The molecule has 0 aliphatic carbocycles. The Morgan fingerprint density at radius 1 is 1.07 bits per heavy atom. The standard InChI is InChI=1S/C21H27ClFN3O3.HI/c1-5-24-21(25-10-9-15-16(22)7-6-8-17(15)23)26-13-14-11-18(27-2)20(29-4)19(12-14)28-3;/h6-8,11-12H,5,9-10,13H2,1-4H3,(H2,24,25,26);1H. The molecular formula is C21H28ClFIN3O3. The van der Waals surface area contributed by atoms with E-state index < -0.39 is 0 Å². The Balaban J connectivity index is 0.00000450. The van der Waals surface area contributed by atoms with Crippen molar-refractivity contribution in [3.05, 3.63) is 52.3 Å². The molecule has 0 aliphatic rings. The summed E-state index contributed by atoms with van der Waals surface area (Å²) < 4.78 is 30.0. The number of guanidine groups is 1. The molecule has 0 aromatic heterocycles. The number of aliphatic imine (C=N–C) groups is 1. The highest BCUT2D eigenvalue weighted by molar-refractivity contribution is 14.0. The Labute approximate surface area is 199 Å². The van der Waals surface area contributed by atoms with E-state index in [2.05, 4.69) is 15.6 Å². The molecule has 0 atom stereocenters. The predicted molar refractivity (Wildman–Crippen MR) is 129 cm³/mol. The van der Waals surface area contributed by atoms with Crippen LogP contribution in [0.3, 0.4) is 0 Å². The van der Waals surface area contributed by atoms with Gasteiger partial charge in [-0.15, -0.1) is 24.0 Å². The Bertz CT molecular complexity index is 807. The van der Waals surface area contributed by atoms with Crippen LogP contribution in [0.1, 0.15) is 18.1 Å². The highest BCUT2D eigenvalue weighted by Gasteiger charge is 2.13. The average Bonchev–Trinajstić information content (AvgIpc) is 2.73. The van der Waals surface area contributed by atoms with Gasteiger partial charge in [-0.25, -0.2) is 9.38 Å². The number of methoxy groups -OCH3 is 3. The molecular weight excluding hydrogens is 524 g/mol. The van der Waals surface area contributed by atoms with Crippen LogP contribution in [0.4, 0.5) is 4.39 Å². The molecule has 0 aliphatic heterocycles. The van der Waals surface area contributed by atoms with E-state index in [1.807, 2.05) is 19.1 Å². The molecule has 30 heavy (non-hydrogen) atoms. The number of nitrogens with one attached hydrogen (secondary N) is 2. The maximum Gasteiger partial charge on any atom is 0.203 e. The minimum absolute atomic E-state index is 0. The monoisotopic (exact) mass is 551 g/mol. The number of rotatable bonds is 9. The molecule has 0 radical (unpaired) electrons. The Morgan fingerprint density at radius 2 is 1.73 bits per heavy atom. The van der Waals surface area contributed by atoms with Crippen LogP contribution in [0.5, 0.6) is 17.2 Å². The van der Waals surface area contributed by atoms with Gasteiger partial charge >= 0.3 is 0 Å². The lowest BCUT2D eigenvalue weighted by molar-refractivity contribution is 0.324. The van der Waals surface area contributed by atoms with E-state index in [1.54, 1.807) is 33.5 Å². The zero-order valence-corrected chi connectivity index (χ0v) is 20.6. The van der Waals surface area contributed by atoms with Crippen molar-refractivity contribution in [2.24, 2.45) is 4.99 Å². The fourth-order valence-corrected chi connectivity index (χ4v) is 3.07. The molecule has 0 spiro atoms. The molecule has 0 unspecified atom stereocenters. The van der Waals surface area contributed by atoms with Crippen LogP contribution in [-0.4, -0.2) is 40.4 Å². The minimum Gasteiger partial charge on any atom is -0.493 e. The van der Waals surface area contributed by atoms with Crippen molar-refractivity contribution in [3.8, 4) is 17.2 Å². The van der Waals surface area contributed by atoms with E-state index >= 15 is 0 Å². The molecule has 0 saturated carbocycles. The third kappa shape index (κ3) is 7.09. The number of ether oxygens (including phenoxy) is 3. The van der Waals surface area contributed by atoms with Crippen LogP contribution in [0.2, 0.25) is 5.02 Å². The fourth-order valence-electron chi connectivity index (χ4n) is 2.82. The van der Waals surface area contributed by atoms with Gasteiger partial charge in [-0.1, -0.05) is 17.7 Å². The van der Waals surface area contributed by atoms with E-state index in [9.17, 15) is 4.39 Å². The van der Waals surface area contributed by atoms with Gasteiger partial charge in [0, 0.05) is 23.7 Å². The molecule has 6 nitrogen and oxygen atoms in total. The van der Waals surface area contributed by atoms with Crippen LogP contribution < -0.4 is 24.8 Å². The zero-order valence-electron chi connectivity index (χ0n) is 17.6. The number of halogens is 3. The van der Waals surface area contributed by atoms with Crippen LogP contribution >= 0.6 is 35.6 Å². The summed E-state index contributed by atoms with van der Waals surface area (Å²) in [4.78, 5) is 4.58. The summed E-state index contributed by atoms with van der Waals surface area (Å²) in [5.41, 5.74) is 1.39. The molecule has 2 N–H and O–H groups in total. The maximum absolute atomic E-state index is 13.9. The van der Waals surface area contributed by atoms with Crippen LogP contribution in [0.25, 0.3) is 0 Å². The second-order valence-electron chi connectivity index (χ2n) is 6.11. The van der Waals surface area contributed by atoms with Crippen LogP contribution in [0.15, 0.2) is 35.3 Å². The van der Waals surface area contributed by atoms with Gasteiger partial charge in [0.2, 0.25) is 5.75 Å². The quantitative estimate of drug-likeness (QED) is 0.274. The number of nitrogens with zero attached hydrogens (tertiary/aromatic N) is 1. The van der Waals surface area contributed by atoms with Gasteiger partial charge < -0.3 is 24.8 Å². The predicted octanol–water partition coefficient (Wildman–Crippen LogP) is 4.42. The zero-order chi connectivity index (χ0) is 21.2. The Kier molecular flexibility index (Phi) is 11.6. The van der Waals surface area contributed by atoms with Crippen LogP contribution in [0, 0.1) is 5.82 Å². The van der Waals surface area contributed by atoms with Crippen molar-refractivity contribution in [1.82, 2.24) is 10.6 Å². The highest BCUT2D eigenvalue weighted by atomic mass is 127. The van der Waals surface area contributed by atoms with Crippen molar-refractivity contribution >= 4 is 41.5 Å². The summed E-state index contributed by atoms with van der Waals surface area (Å²) in [6, 6.07) is 8.40. The van der Waals surface area contributed by atoms with Crippen molar-refractivity contribution < 1.29 is 18.6 Å². The summed E-state index contributed by atoms with van der Waals surface area (Å²) >= 11 is 6.08. The lowest BCUT2D eigenvalue weighted by Gasteiger charge is -2.14. The summed E-state index contributed by atoms with van der Waals surface area (Å²) in [7, 11) is 4.71. The van der Waals surface area contributed by atoms with Crippen molar-refractivity contribution in [3.63, 3.8) is 0 Å². The van der Waals surface area contributed by atoms with Crippen molar-refractivity contribution in [2.75, 3.05) is 34.4 Å². The molecule has 2 aromatic rings. The second-order valence-corrected chi connectivity index (χ2v) is 6.51. The van der Waals surface area contributed by atoms with Gasteiger partial charge in [-0.05, 0) is 43.2 Å². The molecule has 0 bridgehead atoms. The first kappa shape index (κ1) is 26.1. The molecule has 166 valence electrons. The largest absolute Gasteiger partial charge is 0.493 e. The van der Waals surface area contributed by atoms with Gasteiger partial charge in [0.1, 0.15) is 5.82 Å². The van der Waals surface area contributed by atoms with Crippen LogP contribution in [-0.2, 0) is 13.0 Å². The Morgan fingerprint density at radius 3 is 2.27 bits per heavy atom. The fraction of sp³-hybridized carbons (Fsp3) is 0.381. The average molecular weight is 552 g/mol. The van der Waals surface area contributed by atoms with Gasteiger partial charge in [-0.2, -0.15) is 0 Å².